The van der Waals surface area contributed by atoms with Gasteiger partial charge in [0.05, 0.1) is 29.9 Å². The largest absolute Gasteiger partial charge is 0.509 e. The maximum Gasteiger partial charge on any atom is 0.509 e. The van der Waals surface area contributed by atoms with Gasteiger partial charge in [-0.25, -0.2) is 10.8 Å². The molecule has 1 atom stereocenters. The normalized spacial score (nSPS) is 15.9. The van der Waals surface area contributed by atoms with Crippen molar-refractivity contribution < 1.29 is 13.8 Å². The molecule has 5 N–H and O–H groups in total. The molecule has 1 aliphatic rings. The first-order chi connectivity index (χ1) is 16.9. The van der Waals surface area contributed by atoms with Crippen LogP contribution in [0.4, 0.5) is 5.82 Å². The third kappa shape index (κ3) is 5.73. The second-order valence-electron chi connectivity index (χ2n) is 8.87. The molecule has 1 saturated heterocycles. The van der Waals surface area contributed by atoms with Gasteiger partial charge < -0.3 is 25.4 Å². The Kier molecular flexibility index (Phi) is 8.18. The molecule has 0 radical (unpaired) electrons. The molecule has 1 fully saturated rings. The zero-order chi connectivity index (χ0) is 24.9. The molecule has 35 heavy (non-hydrogen) atoms. The number of hydrogen-bond acceptors (Lipinski definition) is 9. The summed E-state index contributed by atoms with van der Waals surface area (Å²) >= 11 is 0. The van der Waals surface area contributed by atoms with Gasteiger partial charge in [0.1, 0.15) is 11.5 Å². The maximum atomic E-state index is 11.8. The summed E-state index contributed by atoms with van der Waals surface area (Å²) in [6.45, 7) is 7.01. The second kappa shape index (κ2) is 11.3. The monoisotopic (exact) mass is 500 g/mol. The minimum Gasteiger partial charge on any atom is -0.401 e. The number of fused-ring (bicyclic) bond motifs is 3. The number of hydrogen-bond donors (Lipinski definition) is 3. The van der Waals surface area contributed by atoms with Gasteiger partial charge in [-0.2, -0.15) is 0 Å². The molecule has 0 spiro atoms. The summed E-state index contributed by atoms with van der Waals surface area (Å²) in [5, 5.41) is 5.80. The zero-order valence-corrected chi connectivity index (χ0v) is 21.6. The van der Waals surface area contributed by atoms with Gasteiger partial charge in [-0.3, -0.25) is 4.98 Å². The summed E-state index contributed by atoms with van der Waals surface area (Å²) < 4.78 is 24.8. The second-order valence-corrected chi connectivity index (χ2v) is 10.2. The quantitative estimate of drug-likeness (QED) is 0.217. The fraction of sp³-hybridized carbons (Fsp3) is 0.500. The van der Waals surface area contributed by atoms with E-state index in [1.54, 1.807) is 7.05 Å². The molecule has 0 aromatic carbocycles. The number of rotatable bonds is 10. The van der Waals surface area contributed by atoms with Crippen LogP contribution in [-0.2, 0) is 20.4 Å². The van der Waals surface area contributed by atoms with Crippen molar-refractivity contribution in [2.75, 3.05) is 44.9 Å². The summed E-state index contributed by atoms with van der Waals surface area (Å²) in [7, 11) is 0.107. The highest BCUT2D eigenvalue weighted by molar-refractivity contribution is 7.39. The predicted molar refractivity (Wildman–Crippen MR) is 140 cm³/mol. The van der Waals surface area contributed by atoms with Gasteiger partial charge in [0.15, 0.2) is 6.16 Å². The van der Waals surface area contributed by atoms with Crippen molar-refractivity contribution >= 4 is 41.6 Å². The van der Waals surface area contributed by atoms with E-state index in [0.717, 1.165) is 71.7 Å². The Bertz CT molecular complexity index is 1230. The Morgan fingerprint density at radius 1 is 1.37 bits per heavy atom. The Labute approximate surface area is 206 Å². The van der Waals surface area contributed by atoms with Crippen molar-refractivity contribution in [3.05, 3.63) is 35.7 Å². The summed E-state index contributed by atoms with van der Waals surface area (Å²) in [6.07, 6.45) is 4.26. The van der Waals surface area contributed by atoms with Gasteiger partial charge >= 0.3 is 8.03 Å². The Hall–Kier alpha value is -2.78. The first kappa shape index (κ1) is 25.3. The minimum atomic E-state index is -1.66. The molecule has 3 aromatic rings. The van der Waals surface area contributed by atoms with Crippen molar-refractivity contribution in [2.45, 2.75) is 33.2 Å². The molecule has 0 aliphatic carbocycles. The van der Waals surface area contributed by atoms with Gasteiger partial charge in [0, 0.05) is 49.6 Å². The van der Waals surface area contributed by atoms with Crippen molar-refractivity contribution in [1.82, 2.24) is 19.5 Å². The molecule has 4 rings (SSSR count). The maximum absolute atomic E-state index is 11.8. The molecule has 10 nitrogen and oxygen atoms in total. The van der Waals surface area contributed by atoms with Gasteiger partial charge in [-0.15, -0.1) is 4.52 Å². The number of ether oxygens (including phenoxy) is 1. The number of allylic oxidation sites excluding steroid dienone is 1. The molecular weight excluding hydrogens is 465 g/mol. The van der Waals surface area contributed by atoms with E-state index in [2.05, 4.69) is 16.0 Å². The number of nitrogens with zero attached hydrogens (tertiary/aromatic N) is 4. The number of nitrogens with one attached hydrogen (secondary N) is 1. The molecule has 188 valence electrons. The number of hydrazine groups is 1. The van der Waals surface area contributed by atoms with E-state index in [1.807, 2.05) is 32.2 Å². The molecule has 3 aromatic heterocycles. The fourth-order valence-electron chi connectivity index (χ4n) is 4.61. The molecule has 4 heterocycles. The Balaban J connectivity index is 1.76. The number of anilines is 1. The van der Waals surface area contributed by atoms with E-state index in [-0.39, 0.29) is 0 Å². The van der Waals surface area contributed by atoms with Crippen LogP contribution < -0.4 is 16.9 Å². The minimum absolute atomic E-state index is 0.430. The van der Waals surface area contributed by atoms with E-state index < -0.39 is 8.03 Å². The van der Waals surface area contributed by atoms with Crippen LogP contribution in [0, 0.1) is 5.92 Å². The number of aromatic nitrogens is 3. The lowest BCUT2D eigenvalue weighted by Crippen LogP contribution is -2.26. The lowest BCUT2D eigenvalue weighted by molar-refractivity contribution is 0.0619. The van der Waals surface area contributed by atoms with Gasteiger partial charge in [-0.1, -0.05) is 0 Å². The fourth-order valence-corrected chi connectivity index (χ4v) is 5.32. The van der Waals surface area contributed by atoms with Crippen LogP contribution in [0.5, 0.6) is 0 Å². The number of nitrogens with two attached hydrogens (primary N) is 2. The van der Waals surface area contributed by atoms with Crippen LogP contribution in [-0.4, -0.2) is 59.1 Å². The summed E-state index contributed by atoms with van der Waals surface area (Å²) in [5.74, 6) is 7.30. The van der Waals surface area contributed by atoms with E-state index in [0.29, 0.717) is 30.9 Å². The average molecular weight is 501 g/mol. The summed E-state index contributed by atoms with van der Waals surface area (Å²) in [6, 6.07) is 6.08. The third-order valence-corrected chi connectivity index (χ3v) is 7.33. The summed E-state index contributed by atoms with van der Waals surface area (Å²) in [5.41, 5.74) is 11.1. The Morgan fingerprint density at radius 2 is 2.14 bits per heavy atom. The highest BCUT2D eigenvalue weighted by Crippen LogP contribution is 2.32. The van der Waals surface area contributed by atoms with Gasteiger partial charge in [-0.05, 0) is 55.4 Å². The van der Waals surface area contributed by atoms with Crippen molar-refractivity contribution in [2.24, 2.45) is 17.5 Å². The lowest BCUT2D eigenvalue weighted by Gasteiger charge is -2.23. The topological polar surface area (TPSA) is 134 Å². The Morgan fingerprint density at radius 3 is 2.83 bits per heavy atom. The van der Waals surface area contributed by atoms with Crippen LogP contribution in [0.15, 0.2) is 30.1 Å². The van der Waals surface area contributed by atoms with E-state index in [9.17, 15) is 4.57 Å². The van der Waals surface area contributed by atoms with Crippen LogP contribution >= 0.6 is 8.03 Å². The van der Waals surface area contributed by atoms with Gasteiger partial charge in [0.25, 0.3) is 0 Å². The van der Waals surface area contributed by atoms with E-state index >= 15 is 0 Å². The highest BCUT2D eigenvalue weighted by atomic mass is 31.1. The van der Waals surface area contributed by atoms with E-state index in [4.69, 9.17) is 30.8 Å². The SMILES string of the molecule is CCO[P+](=O)CCNc1ccc2c3ncc(/C(=C(\C)N)N(C)N)cc3n(CC3CCOCC3)c2n1. The zero-order valence-electron chi connectivity index (χ0n) is 20.7. The number of pyridine rings is 2. The van der Waals surface area contributed by atoms with Crippen LogP contribution in [0.2, 0.25) is 0 Å². The first-order valence-electron chi connectivity index (χ1n) is 12.0. The molecule has 0 saturated carbocycles. The van der Waals surface area contributed by atoms with Crippen LogP contribution in [0.25, 0.3) is 27.8 Å². The molecule has 1 unspecified atom stereocenters. The van der Waals surface area contributed by atoms with Crippen LogP contribution in [0.1, 0.15) is 32.3 Å². The standard InChI is InChI=1S/C24H35N7O3P/c1-4-34-35(32)12-9-27-21-6-5-19-22-20(13-18(14-28-22)23(16(2)25)30(3)26)31(24(19)29-21)15-17-7-10-33-11-8-17/h5-6,13-14,17H,4,7-12,15,25-26H2,1-3H3,(H,27,29)/q+1/b23-16-. The molecule has 0 bridgehead atoms. The van der Waals surface area contributed by atoms with E-state index in [1.165, 1.54) is 5.01 Å². The smallest absolute Gasteiger partial charge is 0.401 e. The highest BCUT2D eigenvalue weighted by Gasteiger charge is 2.21. The van der Waals surface area contributed by atoms with Crippen LogP contribution in [0.3, 0.4) is 0 Å². The first-order valence-corrected chi connectivity index (χ1v) is 13.4. The molecule has 1 aliphatic heterocycles. The predicted octanol–water partition coefficient (Wildman–Crippen LogP) is 3.65. The molecule has 11 heteroatoms. The van der Waals surface area contributed by atoms with Crippen molar-refractivity contribution in [3.63, 3.8) is 0 Å². The van der Waals surface area contributed by atoms with Gasteiger partial charge in [0.2, 0.25) is 0 Å². The lowest BCUT2D eigenvalue weighted by atomic mass is 10.0. The third-order valence-electron chi connectivity index (χ3n) is 6.20. The molecule has 0 amide bonds. The van der Waals surface area contributed by atoms with Crippen molar-refractivity contribution in [3.8, 4) is 0 Å². The summed E-state index contributed by atoms with van der Waals surface area (Å²) in [4.78, 5) is 9.75. The average Bonchev–Trinajstić information content (AvgIpc) is 3.12. The van der Waals surface area contributed by atoms with Crippen molar-refractivity contribution in [1.29, 1.82) is 0 Å². The molecular formula is C24H35N7O3P+.